The maximum absolute atomic E-state index is 7.02. The van der Waals surface area contributed by atoms with Crippen LogP contribution < -0.4 is 0 Å². The van der Waals surface area contributed by atoms with Crippen molar-refractivity contribution in [3.63, 3.8) is 0 Å². The zero-order valence-electron chi connectivity index (χ0n) is 13.1. The van der Waals surface area contributed by atoms with Crippen LogP contribution in [0.2, 0.25) is 11.1 Å². The maximum atomic E-state index is 7.02. The molecule has 2 rings (SSSR count). The van der Waals surface area contributed by atoms with E-state index >= 15 is 0 Å². The van der Waals surface area contributed by atoms with E-state index in [1.54, 1.807) is 0 Å². The first kappa shape index (κ1) is 17.1. The normalized spacial score (nSPS) is 24.6. The molecule has 2 unspecified atom stereocenters. The second-order valence-electron chi connectivity index (χ2n) is 6.09. The summed E-state index contributed by atoms with van der Waals surface area (Å²) in [6.07, 6.45) is 20.4. The van der Waals surface area contributed by atoms with Crippen molar-refractivity contribution < 1.29 is 0 Å². The van der Waals surface area contributed by atoms with Gasteiger partial charge in [-0.3, -0.25) is 0 Å². The van der Waals surface area contributed by atoms with Crippen molar-refractivity contribution in [3.05, 3.63) is 47.6 Å². The van der Waals surface area contributed by atoms with E-state index in [0.29, 0.717) is 0 Å². The second kappa shape index (κ2) is 7.85. The third-order valence-corrected chi connectivity index (χ3v) is 10.1. The summed E-state index contributed by atoms with van der Waals surface area (Å²) >= 11 is 14.0. The molecular weight excluding hydrogens is 315 g/mol. The summed E-state index contributed by atoms with van der Waals surface area (Å²) in [5, 5.41) is 0. The molecule has 0 nitrogen and oxygen atoms in total. The van der Waals surface area contributed by atoms with Crippen LogP contribution in [0.15, 0.2) is 47.6 Å². The Kier molecular flexibility index (Phi) is 6.40. The summed E-state index contributed by atoms with van der Waals surface area (Å²) in [7, 11) is 0. The molecule has 0 fully saturated rings. The van der Waals surface area contributed by atoms with Gasteiger partial charge in [0.1, 0.15) is 0 Å². The van der Waals surface area contributed by atoms with Crippen molar-refractivity contribution in [2.45, 2.75) is 63.5 Å². The van der Waals surface area contributed by atoms with Crippen LogP contribution in [-0.4, -0.2) is 6.69 Å². The molecule has 0 saturated carbocycles. The fraction of sp³-hybridized carbons (Fsp3) is 0.556. The zero-order valence-corrected chi connectivity index (χ0v) is 15.6. The molecule has 0 radical (unpaired) electrons. The van der Waals surface area contributed by atoms with Gasteiger partial charge in [-0.25, -0.2) is 0 Å². The average Bonchev–Trinajstić information content (AvgIpc) is 3.11. The van der Waals surface area contributed by atoms with Crippen molar-refractivity contribution in [1.82, 2.24) is 0 Å². The lowest BCUT2D eigenvalue weighted by molar-refractivity contribution is 0.767. The minimum Gasteiger partial charge on any atom is -0.144 e. The van der Waals surface area contributed by atoms with Crippen LogP contribution in [0.4, 0.5) is 0 Å². The fourth-order valence-electron chi connectivity index (χ4n) is 3.22. The van der Waals surface area contributed by atoms with Crippen LogP contribution in [0.5, 0.6) is 0 Å². The van der Waals surface area contributed by atoms with Crippen LogP contribution in [0.25, 0.3) is 0 Å². The highest BCUT2D eigenvalue weighted by molar-refractivity contribution is 7.47. The van der Waals surface area contributed by atoms with Crippen LogP contribution in [0.3, 0.4) is 0 Å². The molecule has 0 N–H and O–H groups in total. The third-order valence-electron chi connectivity index (χ3n) is 4.49. The summed E-state index contributed by atoms with van der Waals surface area (Å²) in [6.45, 7) is 2.03. The van der Waals surface area contributed by atoms with Gasteiger partial charge in [-0.05, 0) is 25.7 Å². The smallest absolute Gasteiger partial charge is 0.144 e. The van der Waals surface area contributed by atoms with Gasteiger partial charge in [-0.2, -0.15) is 0 Å². The van der Waals surface area contributed by atoms with E-state index in [4.69, 9.17) is 22.2 Å². The van der Waals surface area contributed by atoms with E-state index in [0.717, 1.165) is 12.8 Å². The molecule has 2 aliphatic carbocycles. The fourth-order valence-corrected chi connectivity index (χ4v) is 8.37. The third kappa shape index (κ3) is 3.94. The van der Waals surface area contributed by atoms with Crippen molar-refractivity contribution in [1.29, 1.82) is 0 Å². The molecule has 0 aromatic carbocycles. The molecule has 2 atom stereocenters. The van der Waals surface area contributed by atoms with Gasteiger partial charge in [0.25, 0.3) is 6.69 Å². The Bertz CT molecular complexity index is 430. The van der Waals surface area contributed by atoms with Gasteiger partial charge in [0.2, 0.25) is 0 Å². The average molecular weight is 341 g/mol. The monoisotopic (exact) mass is 340 g/mol. The molecule has 0 aliphatic heterocycles. The van der Waals surface area contributed by atoms with Gasteiger partial charge in [0, 0.05) is 11.1 Å². The van der Waals surface area contributed by atoms with Crippen molar-refractivity contribution in [2.24, 2.45) is 0 Å². The van der Waals surface area contributed by atoms with Gasteiger partial charge < -0.3 is 0 Å². The lowest BCUT2D eigenvalue weighted by Crippen LogP contribution is -2.32. The highest BCUT2D eigenvalue weighted by Crippen LogP contribution is 2.53. The molecule has 116 valence electrons. The van der Waals surface area contributed by atoms with E-state index < -0.39 is 6.69 Å². The van der Waals surface area contributed by atoms with Crippen molar-refractivity contribution in [3.8, 4) is 0 Å². The minimum absolute atomic E-state index is 0.283. The molecule has 3 heteroatoms. The summed E-state index contributed by atoms with van der Waals surface area (Å²) in [6, 6.07) is 0. The summed E-state index contributed by atoms with van der Waals surface area (Å²) in [5.74, 6) is 0. The van der Waals surface area contributed by atoms with E-state index in [-0.39, 0.29) is 11.1 Å². The minimum atomic E-state index is -2.43. The Balaban J connectivity index is 2.10. The largest absolute Gasteiger partial charge is 0.272 e. The number of rotatable bonds is 8. The van der Waals surface area contributed by atoms with Crippen molar-refractivity contribution in [2.75, 3.05) is 0 Å². The first-order chi connectivity index (χ1) is 10.1. The van der Waals surface area contributed by atoms with Crippen LogP contribution in [-0.2, 0) is 0 Å². The van der Waals surface area contributed by atoms with E-state index in [9.17, 15) is 0 Å². The van der Waals surface area contributed by atoms with Gasteiger partial charge in [0.15, 0.2) is 0 Å². The maximum Gasteiger partial charge on any atom is 0.272 e. The lowest BCUT2D eigenvalue weighted by Gasteiger charge is -2.32. The second-order valence-corrected chi connectivity index (χ2v) is 13.0. The van der Waals surface area contributed by atoms with Crippen LogP contribution in [0, 0.1) is 0 Å². The molecular formula is C18H26Cl2Si. The lowest BCUT2D eigenvalue weighted by atomic mass is 10.1. The van der Waals surface area contributed by atoms with E-state index in [2.05, 4.69) is 50.3 Å². The molecule has 21 heavy (non-hydrogen) atoms. The summed E-state index contributed by atoms with van der Waals surface area (Å²) < 4.78 is 0. The van der Waals surface area contributed by atoms with Gasteiger partial charge >= 0.3 is 0 Å². The Hall–Kier alpha value is -0.243. The van der Waals surface area contributed by atoms with E-state index in [1.165, 1.54) is 36.8 Å². The summed E-state index contributed by atoms with van der Waals surface area (Å²) in [4.78, 5) is 0. The number of hydrogen-bond donors (Lipinski definition) is 0. The Labute approximate surface area is 140 Å². The first-order valence-corrected chi connectivity index (χ1v) is 12.4. The highest BCUT2D eigenvalue weighted by Gasteiger charge is 2.47. The first-order valence-electron chi connectivity index (χ1n) is 8.23. The Morgan fingerprint density at radius 3 is 1.67 bits per heavy atom. The van der Waals surface area contributed by atoms with Crippen LogP contribution in [0.1, 0.15) is 52.4 Å². The molecule has 0 bridgehead atoms. The molecule has 0 aromatic rings. The number of halogens is 2. The van der Waals surface area contributed by atoms with E-state index in [1.807, 2.05) is 0 Å². The predicted octanol–water partition coefficient (Wildman–Crippen LogP) is 7.02. The van der Waals surface area contributed by atoms with Gasteiger partial charge in [-0.15, -0.1) is 22.2 Å². The predicted molar refractivity (Wildman–Crippen MR) is 98.5 cm³/mol. The SMILES string of the molecule is CCCCC1=CC=CC1[Si](Cl)(Cl)C1C=CC=C1CCCC. The standard InChI is InChI=1S/C18H26Cl2Si/c1-3-5-9-15-11-7-13-17(15)21(19,20)18-14-8-12-16(18)10-6-4-2/h7-8,11-14,17-18H,3-6,9-10H2,1-2H3. The Morgan fingerprint density at radius 1 is 0.857 bits per heavy atom. The van der Waals surface area contributed by atoms with Gasteiger partial charge in [0.05, 0.1) is 0 Å². The molecule has 2 aliphatic rings. The van der Waals surface area contributed by atoms with Gasteiger partial charge in [-0.1, -0.05) is 74.3 Å². The topological polar surface area (TPSA) is 0 Å². The number of unbranched alkanes of at least 4 members (excludes halogenated alkanes) is 2. The molecule has 0 saturated heterocycles. The number of allylic oxidation sites excluding steroid dienone is 8. The quantitative estimate of drug-likeness (QED) is 0.329. The van der Waals surface area contributed by atoms with Crippen molar-refractivity contribution >= 4 is 28.9 Å². The Morgan fingerprint density at radius 2 is 1.29 bits per heavy atom. The summed E-state index contributed by atoms with van der Waals surface area (Å²) in [5.41, 5.74) is 3.46. The molecule has 0 heterocycles. The van der Waals surface area contributed by atoms with Crippen LogP contribution >= 0.6 is 22.2 Å². The zero-order chi connectivity index (χ0) is 15.3. The molecule has 0 aromatic heterocycles. The molecule has 0 amide bonds. The highest BCUT2D eigenvalue weighted by atomic mass is 35.7. The number of hydrogen-bond acceptors (Lipinski definition) is 0. The molecule has 0 spiro atoms.